The summed E-state index contributed by atoms with van der Waals surface area (Å²) < 4.78 is 14.0. The SMILES string of the molecule is CCn1cc(CN2CC3(CC(CCOc4cncc(C)n4)CCO3)C2)cn1. The van der Waals surface area contributed by atoms with Gasteiger partial charge in [0.1, 0.15) is 0 Å². The minimum atomic E-state index is 0.0484. The van der Waals surface area contributed by atoms with Crippen LogP contribution in [0.4, 0.5) is 0 Å². The summed E-state index contributed by atoms with van der Waals surface area (Å²) in [4.78, 5) is 10.9. The van der Waals surface area contributed by atoms with E-state index in [0.29, 0.717) is 18.4 Å². The topological polar surface area (TPSA) is 65.3 Å². The van der Waals surface area contributed by atoms with Crippen LogP contribution >= 0.6 is 0 Å². The molecule has 7 nitrogen and oxygen atoms in total. The van der Waals surface area contributed by atoms with E-state index in [1.165, 1.54) is 5.56 Å². The fourth-order valence-electron chi connectivity index (χ4n) is 4.24. The van der Waals surface area contributed by atoms with Gasteiger partial charge < -0.3 is 9.47 Å². The zero-order chi connectivity index (χ0) is 18.7. The molecule has 1 spiro atoms. The minimum absolute atomic E-state index is 0.0484. The Morgan fingerprint density at radius 3 is 2.96 bits per heavy atom. The first-order valence-corrected chi connectivity index (χ1v) is 9.93. The molecular weight excluding hydrogens is 342 g/mol. The Kier molecular flexibility index (Phi) is 5.41. The summed E-state index contributed by atoms with van der Waals surface area (Å²) in [7, 11) is 0. The highest BCUT2D eigenvalue weighted by molar-refractivity contribution is 5.09. The van der Waals surface area contributed by atoms with E-state index < -0.39 is 0 Å². The minimum Gasteiger partial charge on any atom is -0.477 e. The third kappa shape index (κ3) is 4.47. The molecular formula is C20H29N5O2. The van der Waals surface area contributed by atoms with Gasteiger partial charge in [0, 0.05) is 50.7 Å². The monoisotopic (exact) mass is 371 g/mol. The Hall–Kier alpha value is -1.99. The molecule has 2 aliphatic heterocycles. The van der Waals surface area contributed by atoms with E-state index in [1.807, 2.05) is 17.8 Å². The van der Waals surface area contributed by atoms with Crippen molar-refractivity contribution in [3.63, 3.8) is 0 Å². The molecule has 4 heterocycles. The van der Waals surface area contributed by atoms with Crippen LogP contribution in [0.5, 0.6) is 5.88 Å². The molecule has 2 saturated heterocycles. The van der Waals surface area contributed by atoms with Gasteiger partial charge in [0.2, 0.25) is 5.88 Å². The Morgan fingerprint density at radius 2 is 2.19 bits per heavy atom. The number of rotatable bonds is 7. The molecule has 0 N–H and O–H groups in total. The van der Waals surface area contributed by atoms with Gasteiger partial charge in [-0.2, -0.15) is 5.10 Å². The molecule has 0 radical (unpaired) electrons. The van der Waals surface area contributed by atoms with Crippen LogP contribution in [0.2, 0.25) is 0 Å². The Labute approximate surface area is 160 Å². The average Bonchev–Trinajstić information content (AvgIpc) is 3.09. The lowest BCUT2D eigenvalue weighted by Crippen LogP contribution is -2.64. The average molecular weight is 371 g/mol. The summed E-state index contributed by atoms with van der Waals surface area (Å²) >= 11 is 0. The molecule has 2 aromatic rings. The number of nitrogens with zero attached hydrogens (tertiary/aromatic N) is 5. The Morgan fingerprint density at radius 1 is 1.30 bits per heavy atom. The lowest BCUT2D eigenvalue weighted by atomic mass is 9.79. The first-order valence-electron chi connectivity index (χ1n) is 9.93. The van der Waals surface area contributed by atoms with Crippen molar-refractivity contribution in [2.24, 2.45) is 5.92 Å². The van der Waals surface area contributed by atoms with Crippen LogP contribution in [0.25, 0.3) is 0 Å². The largest absolute Gasteiger partial charge is 0.477 e. The van der Waals surface area contributed by atoms with Crippen LogP contribution in [-0.2, 0) is 17.8 Å². The van der Waals surface area contributed by atoms with Gasteiger partial charge in [0.15, 0.2) is 0 Å². The number of aryl methyl sites for hydroxylation is 2. The van der Waals surface area contributed by atoms with Crippen molar-refractivity contribution in [2.75, 3.05) is 26.3 Å². The first-order chi connectivity index (χ1) is 13.1. The first kappa shape index (κ1) is 18.4. The van der Waals surface area contributed by atoms with E-state index in [2.05, 4.69) is 33.1 Å². The van der Waals surface area contributed by atoms with Crippen LogP contribution in [-0.4, -0.2) is 56.6 Å². The van der Waals surface area contributed by atoms with Gasteiger partial charge in [-0.15, -0.1) is 0 Å². The normalized spacial score (nSPS) is 21.9. The van der Waals surface area contributed by atoms with Gasteiger partial charge in [-0.1, -0.05) is 0 Å². The lowest BCUT2D eigenvalue weighted by Gasteiger charge is -2.53. The quantitative estimate of drug-likeness (QED) is 0.745. The molecule has 0 saturated carbocycles. The summed E-state index contributed by atoms with van der Waals surface area (Å²) in [5.74, 6) is 1.28. The van der Waals surface area contributed by atoms with E-state index in [0.717, 1.165) is 57.7 Å². The molecule has 1 unspecified atom stereocenters. The van der Waals surface area contributed by atoms with Gasteiger partial charge in [-0.25, -0.2) is 4.98 Å². The summed E-state index contributed by atoms with van der Waals surface area (Å²) in [5.41, 5.74) is 2.22. The molecule has 1 atom stereocenters. The maximum atomic E-state index is 6.18. The van der Waals surface area contributed by atoms with Crippen molar-refractivity contribution in [3.05, 3.63) is 36.0 Å². The zero-order valence-corrected chi connectivity index (χ0v) is 16.3. The van der Waals surface area contributed by atoms with E-state index in [1.54, 1.807) is 12.4 Å². The fraction of sp³-hybridized carbons (Fsp3) is 0.650. The van der Waals surface area contributed by atoms with E-state index >= 15 is 0 Å². The molecule has 0 aliphatic carbocycles. The van der Waals surface area contributed by atoms with Gasteiger partial charge in [0.05, 0.1) is 30.3 Å². The molecule has 2 aliphatic rings. The van der Waals surface area contributed by atoms with Crippen LogP contribution in [0, 0.1) is 12.8 Å². The molecule has 7 heteroatoms. The second-order valence-corrected chi connectivity index (χ2v) is 7.88. The molecule has 0 amide bonds. The van der Waals surface area contributed by atoms with Crippen molar-refractivity contribution >= 4 is 0 Å². The van der Waals surface area contributed by atoms with Crippen molar-refractivity contribution in [1.82, 2.24) is 24.6 Å². The van der Waals surface area contributed by atoms with E-state index in [4.69, 9.17) is 9.47 Å². The van der Waals surface area contributed by atoms with Gasteiger partial charge in [-0.05, 0) is 39.0 Å². The molecule has 2 aromatic heterocycles. The number of hydrogen-bond acceptors (Lipinski definition) is 6. The highest BCUT2D eigenvalue weighted by Gasteiger charge is 2.47. The highest BCUT2D eigenvalue weighted by Crippen LogP contribution is 2.38. The molecule has 4 rings (SSSR count). The van der Waals surface area contributed by atoms with Crippen molar-refractivity contribution < 1.29 is 9.47 Å². The zero-order valence-electron chi connectivity index (χ0n) is 16.3. The van der Waals surface area contributed by atoms with E-state index in [9.17, 15) is 0 Å². The summed E-state index contributed by atoms with van der Waals surface area (Å²) in [6.45, 7) is 9.51. The predicted molar refractivity (Wildman–Crippen MR) is 101 cm³/mol. The molecule has 0 aromatic carbocycles. The van der Waals surface area contributed by atoms with Gasteiger partial charge >= 0.3 is 0 Å². The van der Waals surface area contributed by atoms with Gasteiger partial charge in [-0.3, -0.25) is 14.6 Å². The third-order valence-electron chi connectivity index (χ3n) is 5.54. The molecule has 146 valence electrons. The van der Waals surface area contributed by atoms with Crippen molar-refractivity contribution in [2.45, 2.75) is 51.8 Å². The Balaban J connectivity index is 1.21. The number of ether oxygens (including phenoxy) is 2. The summed E-state index contributed by atoms with van der Waals surface area (Å²) in [5, 5.41) is 4.36. The van der Waals surface area contributed by atoms with Crippen LogP contribution in [0.3, 0.4) is 0 Å². The van der Waals surface area contributed by atoms with Crippen molar-refractivity contribution in [1.29, 1.82) is 0 Å². The third-order valence-corrected chi connectivity index (χ3v) is 5.54. The van der Waals surface area contributed by atoms with Crippen LogP contribution < -0.4 is 4.74 Å². The van der Waals surface area contributed by atoms with E-state index in [-0.39, 0.29) is 5.60 Å². The lowest BCUT2D eigenvalue weighted by molar-refractivity contribution is -0.182. The smallest absolute Gasteiger partial charge is 0.232 e. The van der Waals surface area contributed by atoms with Crippen LogP contribution in [0.1, 0.15) is 37.4 Å². The predicted octanol–water partition coefficient (Wildman–Crippen LogP) is 2.45. The molecule has 0 bridgehead atoms. The molecule has 2 fully saturated rings. The molecule has 27 heavy (non-hydrogen) atoms. The number of likely N-dealkylation sites (tertiary alicyclic amines) is 1. The summed E-state index contributed by atoms with van der Waals surface area (Å²) in [6.07, 6.45) is 10.8. The van der Waals surface area contributed by atoms with Gasteiger partial charge in [0.25, 0.3) is 0 Å². The van der Waals surface area contributed by atoms with Crippen molar-refractivity contribution in [3.8, 4) is 5.88 Å². The Bertz CT molecular complexity index is 756. The summed E-state index contributed by atoms with van der Waals surface area (Å²) in [6, 6.07) is 0. The number of aromatic nitrogens is 4. The fourth-order valence-corrected chi connectivity index (χ4v) is 4.24. The number of hydrogen-bond donors (Lipinski definition) is 0. The second-order valence-electron chi connectivity index (χ2n) is 7.88. The second kappa shape index (κ2) is 7.94. The maximum absolute atomic E-state index is 6.18. The maximum Gasteiger partial charge on any atom is 0.232 e. The van der Waals surface area contributed by atoms with Crippen LogP contribution in [0.15, 0.2) is 24.8 Å². The standard InChI is InChI=1S/C20H29N5O2/c1-3-25-13-18(10-22-25)12-24-14-20(15-24)8-17(5-7-27-20)4-6-26-19-11-21-9-16(2)23-19/h9-11,13,17H,3-8,12,14-15H2,1-2H3. The highest BCUT2D eigenvalue weighted by atomic mass is 16.5.